The minimum atomic E-state index is -0.442. The van der Waals surface area contributed by atoms with Gasteiger partial charge in [-0.25, -0.2) is 4.79 Å². The van der Waals surface area contributed by atoms with Crippen molar-refractivity contribution in [3.8, 4) is 0 Å². The quantitative estimate of drug-likeness (QED) is 0.725. The van der Waals surface area contributed by atoms with E-state index in [1.165, 1.54) is 5.56 Å². The monoisotopic (exact) mass is 306 g/mol. The molecule has 5 heteroatoms. The summed E-state index contributed by atoms with van der Waals surface area (Å²) in [7, 11) is 0. The molecule has 0 aliphatic carbocycles. The van der Waals surface area contributed by atoms with E-state index >= 15 is 0 Å². The molecule has 2 amide bonds. The Bertz CT molecular complexity index is 469. The summed E-state index contributed by atoms with van der Waals surface area (Å²) < 4.78 is 4.96. The molecule has 0 aliphatic rings. The molecule has 22 heavy (non-hydrogen) atoms. The first-order valence-electron chi connectivity index (χ1n) is 7.70. The Morgan fingerprint density at radius 1 is 1.09 bits per heavy atom. The van der Waals surface area contributed by atoms with Crippen molar-refractivity contribution >= 4 is 12.0 Å². The van der Waals surface area contributed by atoms with Crippen LogP contribution in [0.2, 0.25) is 0 Å². The highest BCUT2D eigenvalue weighted by atomic mass is 16.5. The molecule has 0 aliphatic heterocycles. The van der Waals surface area contributed by atoms with Gasteiger partial charge in [-0.1, -0.05) is 43.7 Å². The third kappa shape index (κ3) is 8.29. The molecule has 0 spiro atoms. The van der Waals surface area contributed by atoms with Crippen molar-refractivity contribution in [3.63, 3.8) is 0 Å². The first kappa shape index (κ1) is 18.0. The number of carbonyl (C=O) groups excluding carboxylic acids is 2. The van der Waals surface area contributed by atoms with E-state index in [2.05, 4.69) is 10.6 Å². The highest BCUT2D eigenvalue weighted by molar-refractivity contribution is 5.76. The third-order valence-electron chi connectivity index (χ3n) is 3.03. The second-order valence-corrected chi connectivity index (χ2v) is 5.75. The van der Waals surface area contributed by atoms with Gasteiger partial charge in [0.1, 0.15) is 0 Å². The van der Waals surface area contributed by atoms with E-state index < -0.39 is 6.09 Å². The van der Waals surface area contributed by atoms with Crippen LogP contribution in [0.3, 0.4) is 0 Å². The lowest BCUT2D eigenvalue weighted by Crippen LogP contribution is -2.35. The Morgan fingerprint density at radius 2 is 1.73 bits per heavy atom. The molecule has 0 fully saturated rings. The summed E-state index contributed by atoms with van der Waals surface area (Å²) in [5, 5.41) is 5.37. The lowest BCUT2D eigenvalue weighted by Gasteiger charge is -2.09. The van der Waals surface area contributed by atoms with Gasteiger partial charge in [-0.3, -0.25) is 4.79 Å². The number of hydrogen-bond acceptors (Lipinski definition) is 3. The average molecular weight is 306 g/mol. The smallest absolute Gasteiger partial charge is 0.407 e. The van der Waals surface area contributed by atoms with Gasteiger partial charge in [0.05, 0.1) is 6.61 Å². The van der Waals surface area contributed by atoms with E-state index in [1.54, 1.807) is 0 Å². The van der Waals surface area contributed by atoms with Crippen molar-refractivity contribution < 1.29 is 14.3 Å². The first-order chi connectivity index (χ1) is 10.5. The van der Waals surface area contributed by atoms with Gasteiger partial charge in [0.25, 0.3) is 0 Å². The summed E-state index contributed by atoms with van der Waals surface area (Å²) >= 11 is 0. The van der Waals surface area contributed by atoms with Crippen molar-refractivity contribution in [1.29, 1.82) is 0 Å². The molecule has 0 heterocycles. The highest BCUT2D eigenvalue weighted by Gasteiger charge is 2.04. The molecule has 1 rings (SSSR count). The van der Waals surface area contributed by atoms with Crippen LogP contribution in [0.1, 0.15) is 31.4 Å². The SMILES string of the molecule is Cc1ccc(CCC(=O)NCCNC(=O)OCC(C)C)cc1. The van der Waals surface area contributed by atoms with E-state index in [-0.39, 0.29) is 5.91 Å². The summed E-state index contributed by atoms with van der Waals surface area (Å²) in [6, 6.07) is 8.16. The zero-order valence-corrected chi connectivity index (χ0v) is 13.6. The molecule has 1 aromatic carbocycles. The van der Waals surface area contributed by atoms with E-state index in [1.807, 2.05) is 45.0 Å². The summed E-state index contributed by atoms with van der Waals surface area (Å²) in [6.07, 6.45) is 0.721. The van der Waals surface area contributed by atoms with Crippen LogP contribution in [-0.4, -0.2) is 31.7 Å². The fourth-order valence-electron chi connectivity index (χ4n) is 1.76. The zero-order valence-electron chi connectivity index (χ0n) is 13.6. The zero-order chi connectivity index (χ0) is 16.4. The number of alkyl carbamates (subject to hydrolysis) is 1. The lowest BCUT2D eigenvalue weighted by atomic mass is 10.1. The second-order valence-electron chi connectivity index (χ2n) is 5.75. The van der Waals surface area contributed by atoms with Crippen molar-refractivity contribution in [2.75, 3.05) is 19.7 Å². The van der Waals surface area contributed by atoms with Gasteiger partial charge in [-0.05, 0) is 24.8 Å². The number of benzene rings is 1. The normalized spacial score (nSPS) is 10.4. The Morgan fingerprint density at radius 3 is 2.36 bits per heavy atom. The van der Waals surface area contributed by atoms with Gasteiger partial charge in [0.15, 0.2) is 0 Å². The van der Waals surface area contributed by atoms with Crippen molar-refractivity contribution in [1.82, 2.24) is 10.6 Å². The topological polar surface area (TPSA) is 67.4 Å². The molecule has 0 bridgehead atoms. The Kier molecular flexibility index (Phi) is 8.04. The maximum atomic E-state index is 11.7. The van der Waals surface area contributed by atoms with Crippen LogP contribution in [0.25, 0.3) is 0 Å². The molecule has 5 nitrogen and oxygen atoms in total. The number of hydrogen-bond donors (Lipinski definition) is 2. The van der Waals surface area contributed by atoms with Crippen LogP contribution in [0.5, 0.6) is 0 Å². The standard InChI is InChI=1S/C17H26N2O3/c1-13(2)12-22-17(21)19-11-10-18-16(20)9-8-15-6-4-14(3)5-7-15/h4-7,13H,8-12H2,1-3H3,(H,18,20)(H,19,21). The summed E-state index contributed by atoms with van der Waals surface area (Å²) in [5.41, 5.74) is 2.36. The second kappa shape index (κ2) is 9.82. The van der Waals surface area contributed by atoms with E-state index in [0.29, 0.717) is 32.0 Å². The Hall–Kier alpha value is -2.04. The van der Waals surface area contributed by atoms with Gasteiger partial charge >= 0.3 is 6.09 Å². The largest absolute Gasteiger partial charge is 0.449 e. The highest BCUT2D eigenvalue weighted by Crippen LogP contribution is 2.05. The molecule has 0 aromatic heterocycles. The molecule has 122 valence electrons. The molecule has 1 aromatic rings. The van der Waals surface area contributed by atoms with Gasteiger partial charge in [0.2, 0.25) is 5.91 Å². The predicted octanol–water partition coefficient (Wildman–Crippen LogP) is 2.43. The summed E-state index contributed by atoms with van der Waals surface area (Å²) in [4.78, 5) is 23.0. The fourth-order valence-corrected chi connectivity index (χ4v) is 1.76. The maximum absolute atomic E-state index is 11.7. The minimum Gasteiger partial charge on any atom is -0.449 e. The molecule has 0 atom stereocenters. The van der Waals surface area contributed by atoms with Crippen molar-refractivity contribution in [2.45, 2.75) is 33.6 Å². The third-order valence-corrected chi connectivity index (χ3v) is 3.03. The van der Waals surface area contributed by atoms with Gasteiger partial charge in [-0.15, -0.1) is 0 Å². The van der Waals surface area contributed by atoms with Crippen LogP contribution >= 0.6 is 0 Å². The molecule has 0 saturated heterocycles. The van der Waals surface area contributed by atoms with E-state index in [0.717, 1.165) is 12.0 Å². The lowest BCUT2D eigenvalue weighted by molar-refractivity contribution is -0.121. The first-order valence-corrected chi connectivity index (χ1v) is 7.70. The van der Waals surface area contributed by atoms with Crippen LogP contribution in [-0.2, 0) is 16.0 Å². The molecule has 0 unspecified atom stereocenters. The number of nitrogens with one attached hydrogen (secondary N) is 2. The van der Waals surface area contributed by atoms with E-state index in [4.69, 9.17) is 4.74 Å². The summed E-state index contributed by atoms with van der Waals surface area (Å²) in [5.74, 6) is 0.296. The van der Waals surface area contributed by atoms with Crippen LogP contribution in [0.4, 0.5) is 4.79 Å². The van der Waals surface area contributed by atoms with Gasteiger partial charge < -0.3 is 15.4 Å². The minimum absolute atomic E-state index is 0.0158. The predicted molar refractivity (Wildman–Crippen MR) is 86.7 cm³/mol. The van der Waals surface area contributed by atoms with Crippen molar-refractivity contribution in [2.24, 2.45) is 5.92 Å². The van der Waals surface area contributed by atoms with Crippen LogP contribution in [0, 0.1) is 12.8 Å². The molecular formula is C17H26N2O3. The van der Waals surface area contributed by atoms with Crippen LogP contribution < -0.4 is 10.6 Å². The molecule has 2 N–H and O–H groups in total. The number of carbonyl (C=O) groups is 2. The number of ether oxygens (including phenoxy) is 1. The molecular weight excluding hydrogens is 280 g/mol. The Labute approximate surface area is 132 Å². The molecule has 0 radical (unpaired) electrons. The van der Waals surface area contributed by atoms with E-state index in [9.17, 15) is 9.59 Å². The van der Waals surface area contributed by atoms with Gasteiger partial charge in [-0.2, -0.15) is 0 Å². The molecule has 0 saturated carbocycles. The number of rotatable bonds is 8. The van der Waals surface area contributed by atoms with Gasteiger partial charge in [0, 0.05) is 19.5 Å². The summed E-state index contributed by atoms with van der Waals surface area (Å²) in [6.45, 7) is 7.16. The maximum Gasteiger partial charge on any atom is 0.407 e. The van der Waals surface area contributed by atoms with Crippen LogP contribution in [0.15, 0.2) is 24.3 Å². The number of amides is 2. The average Bonchev–Trinajstić information content (AvgIpc) is 2.49. The number of aryl methyl sites for hydroxylation is 2. The Balaban J connectivity index is 2.08. The van der Waals surface area contributed by atoms with Crippen molar-refractivity contribution in [3.05, 3.63) is 35.4 Å². The fraction of sp³-hybridized carbons (Fsp3) is 0.529.